The highest BCUT2D eigenvalue weighted by Crippen LogP contribution is 2.25. The number of carbonyl (C=O) groups excluding carboxylic acids is 2. The molecular weight excluding hydrogens is 468 g/mol. The second-order valence-corrected chi connectivity index (χ2v) is 11.2. The number of hydrogen-bond acceptors (Lipinski definition) is 7. The molecule has 0 spiro atoms. The van der Waals surface area contributed by atoms with Crippen molar-refractivity contribution in [3.63, 3.8) is 0 Å². The zero-order valence-corrected chi connectivity index (χ0v) is 21.2. The molecule has 3 aromatic rings. The molecule has 35 heavy (non-hydrogen) atoms. The first-order valence-corrected chi connectivity index (χ1v) is 13.2. The van der Waals surface area contributed by atoms with Gasteiger partial charge in [0.25, 0.3) is 0 Å². The summed E-state index contributed by atoms with van der Waals surface area (Å²) in [4.78, 5) is 30.4. The average molecular weight is 499 g/mol. The predicted octanol–water partition coefficient (Wildman–Crippen LogP) is 3.96. The molecule has 0 aliphatic carbocycles. The van der Waals surface area contributed by atoms with Crippen LogP contribution in [0.2, 0.25) is 0 Å². The normalized spacial score (nSPS) is 14.8. The van der Waals surface area contributed by atoms with E-state index in [-0.39, 0.29) is 22.4 Å². The third-order valence-electron chi connectivity index (χ3n) is 6.10. The van der Waals surface area contributed by atoms with Gasteiger partial charge in [-0.2, -0.15) is 9.40 Å². The molecule has 0 unspecified atom stereocenters. The minimum absolute atomic E-state index is 0.0603. The van der Waals surface area contributed by atoms with Crippen molar-refractivity contribution in [1.29, 1.82) is 0 Å². The molecule has 1 fully saturated rings. The fourth-order valence-electron chi connectivity index (χ4n) is 4.06. The number of rotatable bonds is 8. The highest BCUT2D eigenvalue weighted by molar-refractivity contribution is 7.89. The Morgan fingerprint density at radius 1 is 1.06 bits per heavy atom. The van der Waals surface area contributed by atoms with Crippen molar-refractivity contribution in [3.05, 3.63) is 53.3 Å². The van der Waals surface area contributed by atoms with Crippen molar-refractivity contribution in [1.82, 2.24) is 19.1 Å². The van der Waals surface area contributed by atoms with E-state index in [0.717, 1.165) is 18.5 Å². The van der Waals surface area contributed by atoms with Gasteiger partial charge in [-0.05, 0) is 62.9 Å². The van der Waals surface area contributed by atoms with Crippen LogP contribution in [0.15, 0.2) is 41.4 Å². The van der Waals surface area contributed by atoms with E-state index >= 15 is 0 Å². The fourth-order valence-corrected chi connectivity index (χ4v) is 5.58. The van der Waals surface area contributed by atoms with Gasteiger partial charge in [-0.1, -0.05) is 13.8 Å². The van der Waals surface area contributed by atoms with Crippen molar-refractivity contribution in [2.75, 3.05) is 19.7 Å². The zero-order chi connectivity index (χ0) is 25.3. The number of carbonyl (C=O) groups is 2. The molecule has 1 aromatic carbocycles. The molecule has 0 saturated carbocycles. The maximum atomic E-state index is 13.0. The Bertz CT molecular complexity index is 1350. The summed E-state index contributed by atoms with van der Waals surface area (Å²) in [6.07, 6.45) is 3.29. The first-order valence-electron chi connectivity index (χ1n) is 11.8. The Morgan fingerprint density at radius 2 is 1.71 bits per heavy atom. The van der Waals surface area contributed by atoms with E-state index in [0.29, 0.717) is 29.7 Å². The monoisotopic (exact) mass is 498 g/mol. The van der Waals surface area contributed by atoms with Gasteiger partial charge in [0.1, 0.15) is 0 Å². The van der Waals surface area contributed by atoms with E-state index in [1.165, 1.54) is 28.6 Å². The summed E-state index contributed by atoms with van der Waals surface area (Å²) in [5, 5.41) is 4.93. The van der Waals surface area contributed by atoms with Crippen LogP contribution in [0.25, 0.3) is 11.0 Å². The number of fused-ring (bicyclic) bond motifs is 1. The van der Waals surface area contributed by atoms with Gasteiger partial charge in [-0.25, -0.2) is 22.9 Å². The van der Waals surface area contributed by atoms with E-state index in [2.05, 4.69) is 10.1 Å². The van der Waals surface area contributed by atoms with E-state index in [9.17, 15) is 18.0 Å². The maximum absolute atomic E-state index is 13.0. The third-order valence-corrected chi connectivity index (χ3v) is 8.01. The van der Waals surface area contributed by atoms with Crippen molar-refractivity contribution in [2.24, 2.45) is 0 Å². The molecule has 4 rings (SSSR count). The fraction of sp³-hybridized carbons (Fsp3) is 0.440. The number of Topliss-reactive ketones (excluding diaryl/α,β-unsaturated/α-hetero) is 1. The van der Waals surface area contributed by atoms with E-state index in [1.807, 2.05) is 27.7 Å². The van der Waals surface area contributed by atoms with E-state index in [4.69, 9.17) is 4.74 Å². The minimum atomic E-state index is -3.56. The molecule has 0 amide bonds. The predicted molar refractivity (Wildman–Crippen MR) is 131 cm³/mol. The molecule has 1 saturated heterocycles. The summed E-state index contributed by atoms with van der Waals surface area (Å²) in [6, 6.07) is 7.49. The highest BCUT2D eigenvalue weighted by Gasteiger charge is 2.27. The Balaban J connectivity index is 1.50. The van der Waals surface area contributed by atoms with Gasteiger partial charge < -0.3 is 4.74 Å². The summed E-state index contributed by atoms with van der Waals surface area (Å²) in [5.74, 6) is -0.974. The number of pyridine rings is 1. The van der Waals surface area contributed by atoms with Crippen LogP contribution in [-0.2, 0) is 14.8 Å². The molecule has 186 valence electrons. The van der Waals surface area contributed by atoms with Gasteiger partial charge in [0.05, 0.1) is 22.0 Å². The molecule has 0 radical (unpaired) electrons. The molecular formula is C25H30N4O5S. The highest BCUT2D eigenvalue weighted by atomic mass is 32.2. The SMILES string of the molecule is CC(C)c1cc(C(=O)OCC(=O)c2ccc(S(=O)(=O)N3CCCC3)cc2)c2cnn(C(C)C)c2n1. The smallest absolute Gasteiger partial charge is 0.339 e. The molecule has 9 nitrogen and oxygen atoms in total. The molecule has 10 heteroatoms. The van der Waals surface area contributed by atoms with Crippen LogP contribution in [0.5, 0.6) is 0 Å². The first-order chi connectivity index (χ1) is 16.6. The topological polar surface area (TPSA) is 111 Å². The van der Waals surface area contributed by atoms with Crippen LogP contribution in [0.3, 0.4) is 0 Å². The largest absolute Gasteiger partial charge is 0.454 e. The second kappa shape index (κ2) is 9.87. The number of esters is 1. The summed E-state index contributed by atoms with van der Waals surface area (Å²) in [6.45, 7) is 8.48. The lowest BCUT2D eigenvalue weighted by Gasteiger charge is -2.15. The number of ketones is 1. The lowest BCUT2D eigenvalue weighted by atomic mass is 10.1. The van der Waals surface area contributed by atoms with Gasteiger partial charge in [-0.15, -0.1) is 0 Å². The lowest BCUT2D eigenvalue weighted by molar-refractivity contribution is 0.0476. The standard InChI is InChI=1S/C25H30N4O5S/c1-16(2)22-13-20(21-14-26-29(17(3)4)24(21)27-22)25(31)34-15-23(30)18-7-9-19(10-8-18)35(32,33)28-11-5-6-12-28/h7-10,13-14,16-17H,5-6,11-12,15H2,1-4H3. The number of ether oxygens (including phenoxy) is 1. The Labute approximate surface area is 205 Å². The first kappa shape index (κ1) is 25.0. The zero-order valence-electron chi connectivity index (χ0n) is 20.4. The van der Waals surface area contributed by atoms with E-state index in [1.54, 1.807) is 16.9 Å². The maximum Gasteiger partial charge on any atom is 0.339 e. The minimum Gasteiger partial charge on any atom is -0.454 e. The van der Waals surface area contributed by atoms with Crippen LogP contribution in [0, 0.1) is 0 Å². The number of aromatic nitrogens is 3. The van der Waals surface area contributed by atoms with Crippen molar-refractivity contribution >= 4 is 32.8 Å². The van der Waals surface area contributed by atoms with Crippen LogP contribution in [-0.4, -0.2) is 58.9 Å². The van der Waals surface area contributed by atoms with Gasteiger partial charge in [0, 0.05) is 30.4 Å². The van der Waals surface area contributed by atoms with Crippen LogP contribution < -0.4 is 0 Å². The number of nitrogens with zero attached hydrogens (tertiary/aromatic N) is 4. The van der Waals surface area contributed by atoms with Crippen molar-refractivity contribution < 1.29 is 22.7 Å². The quantitative estimate of drug-likeness (QED) is 0.341. The number of benzene rings is 1. The Kier molecular flexibility index (Phi) is 7.05. The molecule has 1 aliphatic rings. The van der Waals surface area contributed by atoms with Crippen molar-refractivity contribution in [3.8, 4) is 0 Å². The molecule has 0 bridgehead atoms. The number of sulfonamides is 1. The summed E-state index contributed by atoms with van der Waals surface area (Å²) >= 11 is 0. The number of hydrogen-bond donors (Lipinski definition) is 0. The molecule has 0 N–H and O–H groups in total. The summed E-state index contributed by atoms with van der Waals surface area (Å²) in [7, 11) is -3.56. The van der Waals surface area contributed by atoms with Crippen molar-refractivity contribution in [2.45, 2.75) is 57.4 Å². The molecule has 3 heterocycles. The molecule has 2 aromatic heterocycles. The van der Waals surface area contributed by atoms with Gasteiger partial charge in [0.2, 0.25) is 10.0 Å². The third kappa shape index (κ3) is 4.99. The van der Waals surface area contributed by atoms with Crippen LogP contribution >= 0.6 is 0 Å². The van der Waals surface area contributed by atoms with Crippen LogP contribution in [0.4, 0.5) is 0 Å². The van der Waals surface area contributed by atoms with E-state index < -0.39 is 28.4 Å². The van der Waals surface area contributed by atoms with Gasteiger partial charge in [-0.3, -0.25) is 4.79 Å². The van der Waals surface area contributed by atoms with Gasteiger partial charge in [0.15, 0.2) is 18.0 Å². The second-order valence-electron chi connectivity index (χ2n) is 9.30. The summed E-state index contributed by atoms with van der Waals surface area (Å²) in [5.41, 5.74) is 1.91. The average Bonchev–Trinajstić information content (AvgIpc) is 3.52. The Morgan fingerprint density at radius 3 is 2.31 bits per heavy atom. The van der Waals surface area contributed by atoms with Crippen LogP contribution in [0.1, 0.15) is 78.9 Å². The molecule has 1 aliphatic heterocycles. The van der Waals surface area contributed by atoms with Gasteiger partial charge >= 0.3 is 5.97 Å². The summed E-state index contributed by atoms with van der Waals surface area (Å²) < 4.78 is 33.9. The lowest BCUT2D eigenvalue weighted by Crippen LogP contribution is -2.27. The molecule has 0 atom stereocenters. The Hall–Kier alpha value is -3.11.